The van der Waals surface area contributed by atoms with Crippen LogP contribution >= 0.6 is 0 Å². The van der Waals surface area contributed by atoms with Crippen molar-refractivity contribution in [2.75, 3.05) is 11.1 Å². The Hall–Kier alpha value is -1.52. The zero-order valence-electron chi connectivity index (χ0n) is 9.73. The Balaban J connectivity index is 2.11. The molecule has 1 aromatic rings. The van der Waals surface area contributed by atoms with Gasteiger partial charge in [0.2, 0.25) is 5.88 Å². The molecular formula is C11H18N4O. The average Bonchev–Trinajstić information content (AvgIpc) is 2.16. The molecule has 0 saturated heterocycles. The third-order valence-corrected chi connectivity index (χ3v) is 2.64. The molecule has 0 aromatic carbocycles. The lowest BCUT2D eigenvalue weighted by atomic mass is 9.93. The van der Waals surface area contributed by atoms with E-state index in [1.54, 1.807) is 0 Å². The van der Waals surface area contributed by atoms with E-state index in [1.807, 2.05) is 13.8 Å². The molecule has 1 fully saturated rings. The lowest BCUT2D eigenvalue weighted by Crippen LogP contribution is -2.28. The maximum absolute atomic E-state index is 5.95. The topological polar surface area (TPSA) is 73.1 Å². The van der Waals surface area contributed by atoms with Gasteiger partial charge in [-0.1, -0.05) is 0 Å². The predicted octanol–water partition coefficient (Wildman–Crippen LogP) is 1.81. The van der Waals surface area contributed by atoms with Crippen molar-refractivity contribution in [1.82, 2.24) is 9.97 Å². The largest absolute Gasteiger partial charge is 0.473 e. The Morgan fingerprint density at radius 1 is 1.44 bits per heavy atom. The van der Waals surface area contributed by atoms with E-state index in [1.165, 1.54) is 25.6 Å². The SMILES string of the molecule is CC(C)Oc1ncnc(NC2CCC2)c1N. The molecule has 3 N–H and O–H groups in total. The highest BCUT2D eigenvalue weighted by Gasteiger charge is 2.19. The van der Waals surface area contributed by atoms with Crippen LogP contribution in [0.1, 0.15) is 33.1 Å². The number of aromatic nitrogens is 2. The number of nitrogens with zero attached hydrogens (tertiary/aromatic N) is 2. The van der Waals surface area contributed by atoms with E-state index in [9.17, 15) is 0 Å². The molecule has 5 heteroatoms. The van der Waals surface area contributed by atoms with Gasteiger partial charge in [-0.05, 0) is 33.1 Å². The molecule has 88 valence electrons. The number of rotatable bonds is 4. The van der Waals surface area contributed by atoms with Crippen LogP contribution in [-0.2, 0) is 0 Å². The number of nitrogen functional groups attached to an aromatic ring is 1. The van der Waals surface area contributed by atoms with Gasteiger partial charge in [-0.25, -0.2) is 4.98 Å². The summed E-state index contributed by atoms with van der Waals surface area (Å²) >= 11 is 0. The van der Waals surface area contributed by atoms with E-state index in [2.05, 4.69) is 15.3 Å². The summed E-state index contributed by atoms with van der Waals surface area (Å²) in [4.78, 5) is 8.17. The van der Waals surface area contributed by atoms with Crippen molar-refractivity contribution in [2.45, 2.75) is 45.3 Å². The molecule has 0 unspecified atom stereocenters. The summed E-state index contributed by atoms with van der Waals surface area (Å²) < 4.78 is 5.50. The van der Waals surface area contributed by atoms with E-state index in [-0.39, 0.29) is 6.10 Å². The van der Waals surface area contributed by atoms with Crippen molar-refractivity contribution in [3.8, 4) is 5.88 Å². The van der Waals surface area contributed by atoms with Crippen molar-refractivity contribution in [3.05, 3.63) is 6.33 Å². The first-order valence-corrected chi connectivity index (χ1v) is 5.70. The van der Waals surface area contributed by atoms with Crippen LogP contribution in [0.2, 0.25) is 0 Å². The Bertz CT molecular complexity index is 363. The van der Waals surface area contributed by atoms with E-state index < -0.39 is 0 Å². The fourth-order valence-corrected chi connectivity index (χ4v) is 1.56. The fraction of sp³-hybridized carbons (Fsp3) is 0.636. The maximum Gasteiger partial charge on any atom is 0.242 e. The lowest BCUT2D eigenvalue weighted by Gasteiger charge is -2.27. The highest BCUT2D eigenvalue weighted by molar-refractivity contribution is 5.66. The quantitative estimate of drug-likeness (QED) is 0.812. The van der Waals surface area contributed by atoms with Crippen LogP contribution in [0.15, 0.2) is 6.33 Å². The normalized spacial score (nSPS) is 15.9. The average molecular weight is 222 g/mol. The van der Waals surface area contributed by atoms with Crippen molar-refractivity contribution in [1.29, 1.82) is 0 Å². The molecule has 2 rings (SSSR count). The van der Waals surface area contributed by atoms with Gasteiger partial charge < -0.3 is 15.8 Å². The van der Waals surface area contributed by atoms with Gasteiger partial charge in [-0.15, -0.1) is 0 Å². The number of hydrogen-bond donors (Lipinski definition) is 2. The number of ether oxygens (including phenoxy) is 1. The highest BCUT2D eigenvalue weighted by atomic mass is 16.5. The van der Waals surface area contributed by atoms with Crippen molar-refractivity contribution in [2.24, 2.45) is 0 Å². The molecule has 5 nitrogen and oxygen atoms in total. The molecular weight excluding hydrogens is 204 g/mol. The second kappa shape index (κ2) is 4.55. The molecule has 1 aromatic heterocycles. The molecule has 1 heterocycles. The van der Waals surface area contributed by atoms with E-state index in [4.69, 9.17) is 10.5 Å². The Morgan fingerprint density at radius 2 is 2.19 bits per heavy atom. The van der Waals surface area contributed by atoms with Crippen molar-refractivity contribution >= 4 is 11.5 Å². The zero-order chi connectivity index (χ0) is 11.5. The Kier molecular flexibility index (Phi) is 3.12. The predicted molar refractivity (Wildman–Crippen MR) is 63.5 cm³/mol. The van der Waals surface area contributed by atoms with Gasteiger partial charge in [0.25, 0.3) is 0 Å². The molecule has 1 aliphatic carbocycles. The number of hydrogen-bond acceptors (Lipinski definition) is 5. The summed E-state index contributed by atoms with van der Waals surface area (Å²) in [6.07, 6.45) is 5.19. The third kappa shape index (κ3) is 2.35. The molecule has 0 radical (unpaired) electrons. The first-order chi connectivity index (χ1) is 7.66. The maximum atomic E-state index is 5.95. The molecule has 16 heavy (non-hydrogen) atoms. The van der Waals surface area contributed by atoms with E-state index in [0.717, 1.165) is 0 Å². The third-order valence-electron chi connectivity index (χ3n) is 2.64. The van der Waals surface area contributed by atoms with Crippen molar-refractivity contribution in [3.63, 3.8) is 0 Å². The van der Waals surface area contributed by atoms with Gasteiger partial charge >= 0.3 is 0 Å². The minimum atomic E-state index is 0.0637. The zero-order valence-corrected chi connectivity index (χ0v) is 9.73. The molecule has 1 saturated carbocycles. The van der Waals surface area contributed by atoms with Crippen LogP contribution < -0.4 is 15.8 Å². The first-order valence-electron chi connectivity index (χ1n) is 5.70. The van der Waals surface area contributed by atoms with Gasteiger partial charge in [-0.3, -0.25) is 0 Å². The van der Waals surface area contributed by atoms with E-state index >= 15 is 0 Å². The van der Waals surface area contributed by atoms with Crippen LogP contribution in [0.3, 0.4) is 0 Å². The minimum Gasteiger partial charge on any atom is -0.473 e. The second-order valence-electron chi connectivity index (χ2n) is 4.38. The standard InChI is InChI=1S/C11H18N4O/c1-7(2)16-11-9(12)10(13-6-14-11)15-8-4-3-5-8/h6-8H,3-5,12H2,1-2H3,(H,13,14,15). The molecule has 0 aliphatic heterocycles. The molecule has 0 atom stereocenters. The lowest BCUT2D eigenvalue weighted by molar-refractivity contribution is 0.234. The molecule has 0 amide bonds. The fourth-order valence-electron chi connectivity index (χ4n) is 1.56. The van der Waals surface area contributed by atoms with Gasteiger partial charge in [0, 0.05) is 6.04 Å². The Labute approximate surface area is 95.4 Å². The Morgan fingerprint density at radius 3 is 2.75 bits per heavy atom. The van der Waals surface area contributed by atoms with Crippen molar-refractivity contribution < 1.29 is 4.74 Å². The minimum absolute atomic E-state index is 0.0637. The molecule has 1 aliphatic rings. The number of nitrogens with two attached hydrogens (primary N) is 1. The first kappa shape index (κ1) is 11.0. The van der Waals surface area contributed by atoms with Crippen LogP contribution in [0.4, 0.5) is 11.5 Å². The van der Waals surface area contributed by atoms with Crippen LogP contribution in [0, 0.1) is 0 Å². The van der Waals surface area contributed by atoms with Gasteiger partial charge in [-0.2, -0.15) is 4.98 Å². The monoisotopic (exact) mass is 222 g/mol. The highest BCUT2D eigenvalue weighted by Crippen LogP contribution is 2.29. The van der Waals surface area contributed by atoms with Crippen LogP contribution in [-0.4, -0.2) is 22.1 Å². The second-order valence-corrected chi connectivity index (χ2v) is 4.38. The van der Waals surface area contributed by atoms with Crippen LogP contribution in [0.25, 0.3) is 0 Å². The summed E-state index contributed by atoms with van der Waals surface area (Å²) in [7, 11) is 0. The molecule has 0 spiro atoms. The number of nitrogens with one attached hydrogen (secondary N) is 1. The smallest absolute Gasteiger partial charge is 0.242 e. The van der Waals surface area contributed by atoms with E-state index in [0.29, 0.717) is 23.4 Å². The number of anilines is 2. The summed E-state index contributed by atoms with van der Waals surface area (Å²) in [5.74, 6) is 1.15. The van der Waals surface area contributed by atoms with Gasteiger partial charge in [0.1, 0.15) is 12.0 Å². The summed E-state index contributed by atoms with van der Waals surface area (Å²) in [5, 5.41) is 3.30. The summed E-state index contributed by atoms with van der Waals surface area (Å²) in [6, 6.07) is 0.504. The van der Waals surface area contributed by atoms with Gasteiger partial charge in [0.05, 0.1) is 6.10 Å². The summed E-state index contributed by atoms with van der Waals surface area (Å²) in [6.45, 7) is 3.89. The van der Waals surface area contributed by atoms with Crippen LogP contribution in [0.5, 0.6) is 5.88 Å². The summed E-state index contributed by atoms with van der Waals surface area (Å²) in [5.41, 5.74) is 6.45. The van der Waals surface area contributed by atoms with Gasteiger partial charge in [0.15, 0.2) is 5.82 Å². The molecule has 0 bridgehead atoms.